The van der Waals surface area contributed by atoms with Crippen LogP contribution in [0.3, 0.4) is 0 Å². The van der Waals surface area contributed by atoms with E-state index in [1.807, 2.05) is 19.1 Å². The van der Waals surface area contributed by atoms with Gasteiger partial charge in [0.2, 0.25) is 5.91 Å². The molecule has 5 heteroatoms. The number of carbonyl (C=O) groups excluding carboxylic acids is 2. The Kier molecular flexibility index (Phi) is 6.34. The van der Waals surface area contributed by atoms with Crippen molar-refractivity contribution in [1.82, 2.24) is 0 Å². The molecule has 0 radical (unpaired) electrons. The Bertz CT molecular complexity index is 796. The zero-order chi connectivity index (χ0) is 18.2. The second-order valence-corrected chi connectivity index (χ2v) is 5.30. The number of methoxy groups -OCH3 is 1. The summed E-state index contributed by atoms with van der Waals surface area (Å²) in [7, 11) is 1.58. The average molecular weight is 339 g/mol. The quantitative estimate of drug-likeness (QED) is 0.613. The van der Waals surface area contributed by atoms with E-state index in [9.17, 15) is 9.59 Å². The highest BCUT2D eigenvalue weighted by Gasteiger charge is 2.06. The molecule has 2 aromatic carbocycles. The molecule has 25 heavy (non-hydrogen) atoms. The molecule has 0 heterocycles. The van der Waals surface area contributed by atoms with Crippen LogP contribution in [0.2, 0.25) is 0 Å². The van der Waals surface area contributed by atoms with Crippen LogP contribution in [0.25, 0.3) is 6.08 Å². The molecule has 1 N–H and O–H groups in total. The van der Waals surface area contributed by atoms with Gasteiger partial charge in [0.1, 0.15) is 0 Å². The standard InChI is InChI=1S/C20H21NO4/c1-4-25-20-12-15(9-11-19(20)24-3)8-10-18(23)16-6-5-7-17(13-16)21-14(2)22/h5-13H,4H2,1-3H3,(H,21,22)/b10-8+. The van der Waals surface area contributed by atoms with Crippen LogP contribution in [0.4, 0.5) is 5.69 Å². The lowest BCUT2D eigenvalue weighted by Gasteiger charge is -2.09. The molecule has 2 rings (SSSR count). The maximum atomic E-state index is 12.3. The number of allylic oxidation sites excluding steroid dienone is 1. The fraction of sp³-hybridized carbons (Fsp3) is 0.200. The summed E-state index contributed by atoms with van der Waals surface area (Å²) in [6.45, 7) is 3.85. The fourth-order valence-corrected chi connectivity index (χ4v) is 2.29. The highest BCUT2D eigenvalue weighted by molar-refractivity contribution is 6.07. The van der Waals surface area contributed by atoms with Crippen LogP contribution in [-0.4, -0.2) is 25.4 Å². The van der Waals surface area contributed by atoms with Gasteiger partial charge in [0.15, 0.2) is 17.3 Å². The first-order valence-electron chi connectivity index (χ1n) is 7.94. The molecule has 0 aliphatic rings. The SMILES string of the molecule is CCOc1cc(/C=C/C(=O)c2cccc(NC(C)=O)c2)ccc1OC. The second kappa shape index (κ2) is 8.68. The Morgan fingerprint density at radius 2 is 1.92 bits per heavy atom. The topological polar surface area (TPSA) is 64.6 Å². The Morgan fingerprint density at radius 3 is 2.60 bits per heavy atom. The predicted octanol–water partition coefficient (Wildman–Crippen LogP) is 3.95. The molecule has 0 aromatic heterocycles. The number of hydrogen-bond acceptors (Lipinski definition) is 4. The van der Waals surface area contributed by atoms with Crippen molar-refractivity contribution in [2.75, 3.05) is 19.0 Å². The van der Waals surface area contributed by atoms with E-state index in [0.29, 0.717) is 29.4 Å². The minimum atomic E-state index is -0.179. The average Bonchev–Trinajstić information content (AvgIpc) is 2.60. The molecule has 0 saturated heterocycles. The van der Waals surface area contributed by atoms with Gasteiger partial charge in [-0.15, -0.1) is 0 Å². The van der Waals surface area contributed by atoms with Crippen molar-refractivity contribution in [2.45, 2.75) is 13.8 Å². The first-order valence-corrected chi connectivity index (χ1v) is 7.94. The number of ether oxygens (including phenoxy) is 2. The minimum Gasteiger partial charge on any atom is -0.493 e. The molecular weight excluding hydrogens is 318 g/mol. The van der Waals surface area contributed by atoms with Crippen molar-refractivity contribution in [3.05, 3.63) is 59.7 Å². The lowest BCUT2D eigenvalue weighted by atomic mass is 10.1. The van der Waals surface area contributed by atoms with Crippen LogP contribution in [0.5, 0.6) is 11.5 Å². The van der Waals surface area contributed by atoms with Gasteiger partial charge in [0.25, 0.3) is 0 Å². The van der Waals surface area contributed by atoms with Crippen LogP contribution in [0, 0.1) is 0 Å². The molecule has 0 fully saturated rings. The third kappa shape index (κ3) is 5.21. The summed E-state index contributed by atoms with van der Waals surface area (Å²) < 4.78 is 10.8. The van der Waals surface area contributed by atoms with Gasteiger partial charge in [-0.05, 0) is 42.8 Å². The van der Waals surface area contributed by atoms with Crippen molar-refractivity contribution >= 4 is 23.5 Å². The van der Waals surface area contributed by atoms with Gasteiger partial charge in [0.05, 0.1) is 13.7 Å². The molecule has 0 saturated carbocycles. The molecule has 0 aliphatic carbocycles. The minimum absolute atomic E-state index is 0.152. The van der Waals surface area contributed by atoms with Gasteiger partial charge in [-0.2, -0.15) is 0 Å². The van der Waals surface area contributed by atoms with E-state index < -0.39 is 0 Å². The Hall–Kier alpha value is -3.08. The highest BCUT2D eigenvalue weighted by Crippen LogP contribution is 2.28. The molecule has 5 nitrogen and oxygen atoms in total. The molecule has 0 spiro atoms. The van der Waals surface area contributed by atoms with E-state index in [2.05, 4.69) is 5.32 Å². The zero-order valence-corrected chi connectivity index (χ0v) is 14.5. The number of anilines is 1. The summed E-state index contributed by atoms with van der Waals surface area (Å²) in [5.41, 5.74) is 1.92. The number of nitrogens with one attached hydrogen (secondary N) is 1. The fourth-order valence-electron chi connectivity index (χ4n) is 2.29. The van der Waals surface area contributed by atoms with Gasteiger partial charge < -0.3 is 14.8 Å². The van der Waals surface area contributed by atoms with Gasteiger partial charge in [-0.3, -0.25) is 9.59 Å². The van der Waals surface area contributed by atoms with E-state index >= 15 is 0 Å². The number of hydrogen-bond donors (Lipinski definition) is 1. The van der Waals surface area contributed by atoms with Gasteiger partial charge >= 0.3 is 0 Å². The van der Waals surface area contributed by atoms with Crippen LogP contribution in [-0.2, 0) is 4.79 Å². The smallest absolute Gasteiger partial charge is 0.221 e. The molecule has 0 bridgehead atoms. The summed E-state index contributed by atoms with van der Waals surface area (Å²) in [5.74, 6) is 0.948. The molecule has 130 valence electrons. The molecular formula is C20H21NO4. The molecule has 0 unspecified atom stereocenters. The van der Waals surface area contributed by atoms with E-state index in [0.717, 1.165) is 5.56 Å². The summed E-state index contributed by atoms with van der Waals surface area (Å²) in [6, 6.07) is 12.3. The van der Waals surface area contributed by atoms with E-state index in [1.54, 1.807) is 43.5 Å². The van der Waals surface area contributed by atoms with Crippen LogP contribution in [0.15, 0.2) is 48.5 Å². The molecule has 0 aliphatic heterocycles. The van der Waals surface area contributed by atoms with E-state index in [4.69, 9.17) is 9.47 Å². The molecule has 2 aromatic rings. The number of benzene rings is 2. The lowest BCUT2D eigenvalue weighted by molar-refractivity contribution is -0.114. The highest BCUT2D eigenvalue weighted by atomic mass is 16.5. The second-order valence-electron chi connectivity index (χ2n) is 5.30. The summed E-state index contributed by atoms with van der Waals surface area (Å²) in [5, 5.41) is 2.66. The van der Waals surface area contributed by atoms with Crippen molar-refractivity contribution < 1.29 is 19.1 Å². The maximum Gasteiger partial charge on any atom is 0.221 e. The Balaban J connectivity index is 2.17. The Labute approximate surface area is 147 Å². The third-order valence-corrected chi connectivity index (χ3v) is 3.38. The number of carbonyl (C=O) groups is 2. The monoisotopic (exact) mass is 339 g/mol. The van der Waals surface area contributed by atoms with E-state index in [1.165, 1.54) is 13.0 Å². The first kappa shape index (κ1) is 18.3. The number of ketones is 1. The lowest BCUT2D eigenvalue weighted by Crippen LogP contribution is -2.06. The summed E-state index contributed by atoms with van der Waals surface area (Å²) in [4.78, 5) is 23.4. The normalized spacial score (nSPS) is 10.5. The van der Waals surface area contributed by atoms with Crippen molar-refractivity contribution in [1.29, 1.82) is 0 Å². The van der Waals surface area contributed by atoms with Gasteiger partial charge in [0, 0.05) is 18.2 Å². The number of rotatable bonds is 7. The molecule has 1 amide bonds. The van der Waals surface area contributed by atoms with Crippen LogP contribution >= 0.6 is 0 Å². The van der Waals surface area contributed by atoms with Crippen LogP contribution in [0.1, 0.15) is 29.8 Å². The first-order chi connectivity index (χ1) is 12.0. The predicted molar refractivity (Wildman–Crippen MR) is 98.3 cm³/mol. The summed E-state index contributed by atoms with van der Waals surface area (Å²) >= 11 is 0. The summed E-state index contributed by atoms with van der Waals surface area (Å²) in [6.07, 6.45) is 3.21. The largest absolute Gasteiger partial charge is 0.493 e. The van der Waals surface area contributed by atoms with Crippen molar-refractivity contribution in [3.63, 3.8) is 0 Å². The van der Waals surface area contributed by atoms with Crippen molar-refractivity contribution in [3.8, 4) is 11.5 Å². The van der Waals surface area contributed by atoms with Crippen LogP contribution < -0.4 is 14.8 Å². The Morgan fingerprint density at radius 1 is 1.12 bits per heavy atom. The molecule has 0 atom stereocenters. The van der Waals surface area contributed by atoms with E-state index in [-0.39, 0.29) is 11.7 Å². The zero-order valence-electron chi connectivity index (χ0n) is 14.5. The van der Waals surface area contributed by atoms with Gasteiger partial charge in [-0.1, -0.05) is 24.3 Å². The number of amides is 1. The third-order valence-electron chi connectivity index (χ3n) is 3.38. The van der Waals surface area contributed by atoms with Crippen molar-refractivity contribution in [2.24, 2.45) is 0 Å². The maximum absolute atomic E-state index is 12.3. The van der Waals surface area contributed by atoms with Gasteiger partial charge in [-0.25, -0.2) is 0 Å².